The van der Waals surface area contributed by atoms with Crippen molar-refractivity contribution in [2.24, 2.45) is 0 Å². The zero-order valence-electron chi connectivity index (χ0n) is 13.1. The molecule has 1 nitrogen and oxygen atoms in total. The fourth-order valence-corrected chi connectivity index (χ4v) is 5.98. The molecule has 0 heterocycles. The van der Waals surface area contributed by atoms with Crippen LogP contribution < -0.4 is 10.6 Å². The Labute approximate surface area is 134 Å². The predicted molar refractivity (Wildman–Crippen MR) is 99.8 cm³/mol. The Hall–Kier alpha value is -0.820. The van der Waals surface area contributed by atoms with E-state index in [0.29, 0.717) is 6.04 Å². The van der Waals surface area contributed by atoms with Crippen LogP contribution in [0.1, 0.15) is 0 Å². The molecule has 3 heteroatoms. The summed E-state index contributed by atoms with van der Waals surface area (Å²) >= 11 is 1.94. The van der Waals surface area contributed by atoms with E-state index in [9.17, 15) is 0 Å². The molecule has 2 aromatic carbocycles. The molecule has 0 N–H and O–H groups in total. The van der Waals surface area contributed by atoms with Gasteiger partial charge in [-0.05, 0) is 45.0 Å². The SMILES string of the molecule is CSC[C@@H](CP(c1ccccc1)c1ccccc1)N(C)C. The van der Waals surface area contributed by atoms with Crippen LogP contribution in [0.4, 0.5) is 0 Å². The van der Waals surface area contributed by atoms with Crippen LogP contribution in [0.15, 0.2) is 60.7 Å². The van der Waals surface area contributed by atoms with E-state index in [4.69, 9.17) is 0 Å². The van der Waals surface area contributed by atoms with Crippen LogP contribution in [0.2, 0.25) is 0 Å². The summed E-state index contributed by atoms with van der Waals surface area (Å²) in [6, 6.07) is 22.6. The molecule has 2 aromatic rings. The summed E-state index contributed by atoms with van der Waals surface area (Å²) in [5, 5.41) is 2.96. The minimum Gasteiger partial charge on any atom is -0.305 e. The number of nitrogens with zero attached hydrogens (tertiary/aromatic N) is 1. The molecule has 0 fully saturated rings. The van der Waals surface area contributed by atoms with Gasteiger partial charge in [0, 0.05) is 11.8 Å². The molecule has 0 radical (unpaired) electrons. The maximum atomic E-state index is 2.37. The van der Waals surface area contributed by atoms with Crippen molar-refractivity contribution in [1.82, 2.24) is 4.90 Å². The molecule has 112 valence electrons. The molecule has 0 spiro atoms. The maximum absolute atomic E-state index is 2.37. The molecule has 0 saturated heterocycles. The smallest absolute Gasteiger partial charge is 0.0225 e. The van der Waals surface area contributed by atoms with Crippen molar-refractivity contribution in [2.45, 2.75) is 6.04 Å². The topological polar surface area (TPSA) is 3.24 Å². The van der Waals surface area contributed by atoms with Gasteiger partial charge in [-0.25, -0.2) is 0 Å². The second-order valence-corrected chi connectivity index (χ2v) is 8.52. The van der Waals surface area contributed by atoms with Crippen LogP contribution in [0.25, 0.3) is 0 Å². The Morgan fingerprint density at radius 2 is 1.38 bits per heavy atom. The summed E-state index contributed by atoms with van der Waals surface area (Å²) < 4.78 is 0. The summed E-state index contributed by atoms with van der Waals surface area (Å²) in [4.78, 5) is 2.37. The van der Waals surface area contributed by atoms with Gasteiger partial charge < -0.3 is 4.90 Å². The van der Waals surface area contributed by atoms with Gasteiger partial charge in [-0.1, -0.05) is 60.7 Å². The molecule has 21 heavy (non-hydrogen) atoms. The summed E-state index contributed by atoms with van der Waals surface area (Å²) in [5.74, 6) is 1.19. The third-order valence-corrected chi connectivity index (χ3v) is 6.97. The lowest BCUT2D eigenvalue weighted by molar-refractivity contribution is 0.344. The molecule has 0 aliphatic carbocycles. The van der Waals surface area contributed by atoms with Crippen LogP contribution in [-0.4, -0.2) is 43.2 Å². The van der Waals surface area contributed by atoms with Crippen LogP contribution in [0, 0.1) is 0 Å². The summed E-state index contributed by atoms with van der Waals surface area (Å²) in [7, 11) is 4.11. The van der Waals surface area contributed by atoms with Crippen LogP contribution >= 0.6 is 19.7 Å². The Balaban J connectivity index is 2.28. The largest absolute Gasteiger partial charge is 0.305 e. The number of benzene rings is 2. The average molecular weight is 317 g/mol. The van der Waals surface area contributed by atoms with Gasteiger partial charge in [0.2, 0.25) is 0 Å². The first-order chi connectivity index (χ1) is 10.2. The van der Waals surface area contributed by atoms with Crippen molar-refractivity contribution in [2.75, 3.05) is 32.3 Å². The van der Waals surface area contributed by atoms with Gasteiger partial charge in [-0.2, -0.15) is 11.8 Å². The zero-order chi connectivity index (χ0) is 15.1. The Morgan fingerprint density at radius 3 is 1.76 bits per heavy atom. The minimum atomic E-state index is -0.289. The van der Waals surface area contributed by atoms with Gasteiger partial charge in [0.25, 0.3) is 0 Å². The molecule has 0 aromatic heterocycles. The highest BCUT2D eigenvalue weighted by molar-refractivity contribution is 7.98. The quantitative estimate of drug-likeness (QED) is 0.720. The van der Waals surface area contributed by atoms with E-state index < -0.39 is 0 Å². The molecule has 0 aliphatic heterocycles. The lowest BCUT2D eigenvalue weighted by Crippen LogP contribution is -2.35. The fourth-order valence-electron chi connectivity index (χ4n) is 2.34. The van der Waals surface area contributed by atoms with E-state index in [-0.39, 0.29) is 7.92 Å². The molecule has 0 amide bonds. The number of thioether (sulfide) groups is 1. The predicted octanol–water partition coefficient (Wildman–Crippen LogP) is 3.41. The van der Waals surface area contributed by atoms with Gasteiger partial charge >= 0.3 is 0 Å². The van der Waals surface area contributed by atoms with E-state index in [1.54, 1.807) is 0 Å². The molecule has 0 aliphatic rings. The molecular weight excluding hydrogens is 293 g/mol. The minimum absolute atomic E-state index is 0.289. The number of hydrogen-bond acceptors (Lipinski definition) is 2. The molecule has 0 bridgehead atoms. The van der Waals surface area contributed by atoms with Crippen molar-refractivity contribution >= 4 is 30.3 Å². The first-order valence-electron chi connectivity index (χ1n) is 7.25. The highest BCUT2D eigenvalue weighted by Crippen LogP contribution is 2.35. The highest BCUT2D eigenvalue weighted by atomic mass is 32.2. The fraction of sp³-hybridized carbons (Fsp3) is 0.333. The molecule has 1 atom stereocenters. The van der Waals surface area contributed by atoms with E-state index in [0.717, 1.165) is 0 Å². The van der Waals surface area contributed by atoms with Gasteiger partial charge in [-0.15, -0.1) is 0 Å². The second-order valence-electron chi connectivity index (χ2n) is 5.35. The monoisotopic (exact) mass is 317 g/mol. The van der Waals surface area contributed by atoms with Crippen molar-refractivity contribution in [3.8, 4) is 0 Å². The molecule has 2 rings (SSSR count). The first-order valence-corrected chi connectivity index (χ1v) is 10.2. The number of hydrogen-bond donors (Lipinski definition) is 0. The van der Waals surface area contributed by atoms with Crippen molar-refractivity contribution < 1.29 is 0 Å². The Kier molecular flexibility index (Phi) is 6.76. The van der Waals surface area contributed by atoms with E-state index in [1.807, 2.05) is 11.8 Å². The van der Waals surface area contributed by atoms with Crippen LogP contribution in [0.5, 0.6) is 0 Å². The highest BCUT2D eigenvalue weighted by Gasteiger charge is 2.20. The van der Waals surface area contributed by atoms with E-state index in [2.05, 4.69) is 85.9 Å². The standard InChI is InChI=1S/C18H24NPS/c1-19(2)16(15-21-3)14-20(17-10-6-4-7-11-17)18-12-8-5-9-13-18/h4-13,16H,14-15H2,1-3H3/t16-/m1/s1. The zero-order valence-corrected chi connectivity index (χ0v) is 14.8. The third kappa shape index (κ3) is 4.85. The van der Waals surface area contributed by atoms with Crippen molar-refractivity contribution in [3.63, 3.8) is 0 Å². The summed E-state index contributed by atoms with van der Waals surface area (Å²) in [6.07, 6.45) is 3.42. The van der Waals surface area contributed by atoms with Crippen LogP contribution in [-0.2, 0) is 0 Å². The Bertz CT molecular complexity index is 476. The van der Waals surface area contributed by atoms with Crippen LogP contribution in [0.3, 0.4) is 0 Å². The second kappa shape index (κ2) is 8.58. The Morgan fingerprint density at radius 1 is 0.905 bits per heavy atom. The molecule has 0 saturated carbocycles. The van der Waals surface area contributed by atoms with Crippen molar-refractivity contribution in [3.05, 3.63) is 60.7 Å². The van der Waals surface area contributed by atoms with Gasteiger partial charge in [0.15, 0.2) is 0 Å². The molecular formula is C18H24NPS. The van der Waals surface area contributed by atoms with E-state index in [1.165, 1.54) is 22.5 Å². The summed E-state index contributed by atoms with van der Waals surface area (Å²) in [6.45, 7) is 0. The van der Waals surface area contributed by atoms with Crippen molar-refractivity contribution in [1.29, 1.82) is 0 Å². The van der Waals surface area contributed by atoms with Gasteiger partial charge in [0.05, 0.1) is 0 Å². The normalized spacial score (nSPS) is 12.8. The lowest BCUT2D eigenvalue weighted by atomic mass is 10.3. The van der Waals surface area contributed by atoms with Gasteiger partial charge in [-0.3, -0.25) is 0 Å². The summed E-state index contributed by atoms with van der Waals surface area (Å²) in [5.41, 5.74) is 0. The molecule has 0 unspecified atom stereocenters. The average Bonchev–Trinajstić information content (AvgIpc) is 2.53. The lowest BCUT2D eigenvalue weighted by Gasteiger charge is -2.29. The third-order valence-electron chi connectivity index (χ3n) is 3.62. The maximum Gasteiger partial charge on any atom is 0.0225 e. The van der Waals surface area contributed by atoms with Gasteiger partial charge in [0.1, 0.15) is 0 Å². The van der Waals surface area contributed by atoms with E-state index >= 15 is 0 Å². The number of rotatable bonds is 7. The first kappa shape index (κ1) is 16.5.